The molecule has 2 N–H and O–H groups in total. The summed E-state index contributed by atoms with van der Waals surface area (Å²) < 4.78 is 14.8. The molecule has 0 saturated carbocycles. The molecule has 0 aliphatic rings. The van der Waals surface area contributed by atoms with Crippen LogP contribution in [-0.4, -0.2) is 24.5 Å². The van der Waals surface area contributed by atoms with Crippen molar-refractivity contribution in [2.45, 2.75) is 30.7 Å². The molecule has 0 atom stereocenters. The Hall–Kier alpha value is -0.620. The molecule has 0 bridgehead atoms. The second-order valence-corrected chi connectivity index (χ2v) is 6.96. The number of phosphoric ester groups is 1. The summed E-state index contributed by atoms with van der Waals surface area (Å²) in [6.45, 7) is 6.04. The highest BCUT2D eigenvalue weighted by atomic mass is 32.2. The fourth-order valence-electron chi connectivity index (χ4n) is 0.815. The fourth-order valence-corrected chi connectivity index (χ4v) is 1.94. The molecule has 0 aliphatic carbocycles. The van der Waals surface area contributed by atoms with Crippen molar-refractivity contribution in [3.63, 3.8) is 0 Å². The van der Waals surface area contributed by atoms with Gasteiger partial charge in [0.25, 0.3) is 0 Å². The van der Waals surface area contributed by atoms with Crippen LogP contribution in [0.15, 0.2) is 17.6 Å². The molecule has 0 amide bonds. The maximum Gasteiger partial charge on any atom is 0.524 e. The maximum atomic E-state index is 10.5. The lowest BCUT2D eigenvalue weighted by Gasteiger charge is -2.15. The van der Waals surface area contributed by atoms with E-state index < -0.39 is 7.82 Å². The predicted octanol–water partition coefficient (Wildman–Crippen LogP) is 1.84. The van der Waals surface area contributed by atoms with Gasteiger partial charge in [-0.15, -0.1) is 0 Å². The van der Waals surface area contributed by atoms with Gasteiger partial charge in [0.05, 0.1) is 12.4 Å². The van der Waals surface area contributed by atoms with Crippen molar-refractivity contribution in [3.05, 3.63) is 12.4 Å². The lowest BCUT2D eigenvalue weighted by atomic mass is 10.3. The van der Waals surface area contributed by atoms with Gasteiger partial charge < -0.3 is 4.52 Å². The normalized spacial score (nSPS) is 12.6. The topological polar surface area (TPSA) is 92.5 Å². The Bertz CT molecular complexity index is 397. The molecule has 0 radical (unpaired) electrons. The molecular weight excluding hydrogens is 251 g/mol. The van der Waals surface area contributed by atoms with E-state index in [0.717, 1.165) is 0 Å². The predicted molar refractivity (Wildman–Crippen MR) is 60.3 cm³/mol. The Kier molecular flexibility index (Phi) is 3.96. The van der Waals surface area contributed by atoms with E-state index in [1.165, 1.54) is 24.2 Å². The van der Waals surface area contributed by atoms with Crippen molar-refractivity contribution >= 4 is 19.6 Å². The standard InChI is InChI=1S/C8H13N2O4PS/c1-8(2,3)16-7-9-4-6(5-10-7)14-15(11,12)13/h4-5H,1-3H3,(H2,11,12,13). The minimum Gasteiger partial charge on any atom is -0.401 e. The third-order valence-corrected chi connectivity index (χ3v) is 2.68. The number of phosphoric acid groups is 1. The lowest BCUT2D eigenvalue weighted by Crippen LogP contribution is -2.08. The Morgan fingerprint density at radius 1 is 1.31 bits per heavy atom. The summed E-state index contributed by atoms with van der Waals surface area (Å²) in [5, 5.41) is 0.533. The molecule has 6 nitrogen and oxygen atoms in total. The minimum atomic E-state index is -4.53. The Labute approximate surface area is 97.7 Å². The van der Waals surface area contributed by atoms with Crippen LogP contribution in [0.2, 0.25) is 0 Å². The molecule has 8 heteroatoms. The van der Waals surface area contributed by atoms with Crippen LogP contribution in [0.5, 0.6) is 5.75 Å². The number of aromatic nitrogens is 2. The number of hydrogen-bond donors (Lipinski definition) is 2. The average Bonchev–Trinajstić information content (AvgIpc) is 2.03. The van der Waals surface area contributed by atoms with Crippen LogP contribution in [0.1, 0.15) is 20.8 Å². The summed E-state index contributed by atoms with van der Waals surface area (Å²) in [7, 11) is -4.53. The smallest absolute Gasteiger partial charge is 0.401 e. The van der Waals surface area contributed by atoms with Gasteiger partial charge in [0, 0.05) is 4.75 Å². The molecular formula is C8H13N2O4PS. The minimum absolute atomic E-state index is 0.0222. The van der Waals surface area contributed by atoms with Crippen LogP contribution in [0.4, 0.5) is 0 Å². The van der Waals surface area contributed by atoms with E-state index >= 15 is 0 Å². The molecule has 1 aromatic heterocycles. The van der Waals surface area contributed by atoms with Crippen molar-refractivity contribution in [1.29, 1.82) is 0 Å². The molecule has 0 aromatic carbocycles. The zero-order valence-corrected chi connectivity index (χ0v) is 10.8. The molecule has 0 spiro atoms. The van der Waals surface area contributed by atoms with E-state index in [1.807, 2.05) is 20.8 Å². The van der Waals surface area contributed by atoms with E-state index in [0.29, 0.717) is 5.16 Å². The number of hydrogen-bond acceptors (Lipinski definition) is 5. The monoisotopic (exact) mass is 264 g/mol. The van der Waals surface area contributed by atoms with E-state index in [1.54, 1.807) is 0 Å². The summed E-state index contributed by atoms with van der Waals surface area (Å²) in [6.07, 6.45) is 2.47. The van der Waals surface area contributed by atoms with E-state index in [2.05, 4.69) is 14.5 Å². The SMILES string of the molecule is CC(C)(C)Sc1ncc(OP(=O)(O)O)cn1. The molecule has 16 heavy (non-hydrogen) atoms. The highest BCUT2D eigenvalue weighted by Gasteiger charge is 2.17. The van der Waals surface area contributed by atoms with Gasteiger partial charge in [-0.2, -0.15) is 0 Å². The van der Waals surface area contributed by atoms with Crippen LogP contribution in [0.3, 0.4) is 0 Å². The van der Waals surface area contributed by atoms with Gasteiger partial charge in [-0.25, -0.2) is 14.5 Å². The van der Waals surface area contributed by atoms with Gasteiger partial charge in [-0.05, 0) is 0 Å². The Morgan fingerprint density at radius 3 is 2.19 bits per heavy atom. The van der Waals surface area contributed by atoms with Crippen molar-refractivity contribution in [2.75, 3.05) is 0 Å². The van der Waals surface area contributed by atoms with E-state index in [9.17, 15) is 4.57 Å². The largest absolute Gasteiger partial charge is 0.524 e. The fraction of sp³-hybridized carbons (Fsp3) is 0.500. The third-order valence-electron chi connectivity index (χ3n) is 1.23. The Morgan fingerprint density at radius 2 is 1.81 bits per heavy atom. The van der Waals surface area contributed by atoms with Crippen LogP contribution < -0.4 is 4.52 Å². The first-order valence-electron chi connectivity index (χ1n) is 4.42. The molecule has 90 valence electrons. The second-order valence-electron chi connectivity index (χ2n) is 4.00. The van der Waals surface area contributed by atoms with Gasteiger partial charge >= 0.3 is 7.82 Å². The summed E-state index contributed by atoms with van der Waals surface area (Å²) in [4.78, 5) is 25.0. The van der Waals surface area contributed by atoms with Gasteiger partial charge in [0.15, 0.2) is 10.9 Å². The van der Waals surface area contributed by atoms with Gasteiger partial charge in [0.1, 0.15) is 0 Å². The highest BCUT2D eigenvalue weighted by molar-refractivity contribution is 8.00. The summed E-state index contributed by atoms with van der Waals surface area (Å²) in [5.41, 5.74) is 0. The van der Waals surface area contributed by atoms with E-state index in [4.69, 9.17) is 9.79 Å². The number of thioether (sulfide) groups is 1. The zero-order chi connectivity index (χ0) is 12.4. The lowest BCUT2D eigenvalue weighted by molar-refractivity contribution is 0.282. The Balaban J connectivity index is 2.72. The van der Waals surface area contributed by atoms with Crippen LogP contribution in [0, 0.1) is 0 Å². The summed E-state index contributed by atoms with van der Waals surface area (Å²) >= 11 is 1.46. The average molecular weight is 264 g/mol. The zero-order valence-electron chi connectivity index (χ0n) is 9.12. The van der Waals surface area contributed by atoms with Gasteiger partial charge in [-0.1, -0.05) is 32.5 Å². The first-order chi connectivity index (χ1) is 7.16. The van der Waals surface area contributed by atoms with Crippen molar-refractivity contribution in [2.24, 2.45) is 0 Å². The molecule has 0 saturated heterocycles. The van der Waals surface area contributed by atoms with Crippen LogP contribution >= 0.6 is 19.6 Å². The molecule has 1 rings (SSSR count). The van der Waals surface area contributed by atoms with Gasteiger partial charge in [0.2, 0.25) is 0 Å². The van der Waals surface area contributed by atoms with E-state index in [-0.39, 0.29) is 10.5 Å². The first kappa shape index (κ1) is 13.4. The van der Waals surface area contributed by atoms with Crippen molar-refractivity contribution in [3.8, 4) is 5.75 Å². The highest BCUT2D eigenvalue weighted by Crippen LogP contribution is 2.37. The maximum absolute atomic E-state index is 10.5. The van der Waals surface area contributed by atoms with Crippen molar-refractivity contribution in [1.82, 2.24) is 9.97 Å². The second kappa shape index (κ2) is 4.71. The molecule has 1 heterocycles. The number of nitrogens with zero attached hydrogens (tertiary/aromatic N) is 2. The summed E-state index contributed by atoms with van der Waals surface area (Å²) in [5.74, 6) is -0.0495. The first-order valence-corrected chi connectivity index (χ1v) is 6.77. The van der Waals surface area contributed by atoms with Crippen molar-refractivity contribution < 1.29 is 18.9 Å². The molecule has 0 aliphatic heterocycles. The quantitative estimate of drug-likeness (QED) is 0.488. The van der Waals surface area contributed by atoms with Gasteiger partial charge in [-0.3, -0.25) is 9.79 Å². The molecule has 1 aromatic rings. The number of rotatable bonds is 3. The molecule has 0 unspecified atom stereocenters. The summed E-state index contributed by atoms with van der Waals surface area (Å²) in [6, 6.07) is 0. The third kappa shape index (κ3) is 5.46. The molecule has 0 fully saturated rings. The van der Waals surface area contributed by atoms with Crippen LogP contribution in [-0.2, 0) is 4.57 Å². The van der Waals surface area contributed by atoms with Crippen LogP contribution in [0.25, 0.3) is 0 Å².